The van der Waals surface area contributed by atoms with Crippen LogP contribution in [-0.4, -0.2) is 22.4 Å². The number of rotatable bonds is 4. The standard InChI is InChI=1S/C13H23N3/c1-3-11-6-8-14-12(10-11)4-5-13-7-9-15-16(13)2/h7,9,11-12,14H,3-6,8,10H2,1-2H3. The zero-order valence-electron chi connectivity index (χ0n) is 10.4. The lowest BCUT2D eigenvalue weighted by atomic mass is 9.88. The van der Waals surface area contributed by atoms with Gasteiger partial charge in [0.25, 0.3) is 0 Å². The Bertz CT molecular complexity index is 319. The molecule has 0 amide bonds. The molecule has 1 aromatic rings. The fraction of sp³-hybridized carbons (Fsp3) is 0.769. The molecule has 1 aliphatic rings. The fourth-order valence-electron chi connectivity index (χ4n) is 2.65. The maximum atomic E-state index is 4.21. The van der Waals surface area contributed by atoms with Crippen LogP contribution in [0.4, 0.5) is 0 Å². The van der Waals surface area contributed by atoms with Crippen molar-refractivity contribution in [1.82, 2.24) is 15.1 Å². The Hall–Kier alpha value is -0.830. The first-order valence-electron chi connectivity index (χ1n) is 6.50. The van der Waals surface area contributed by atoms with E-state index >= 15 is 0 Å². The molecule has 3 nitrogen and oxygen atoms in total. The van der Waals surface area contributed by atoms with Crippen LogP contribution in [0, 0.1) is 5.92 Å². The lowest BCUT2D eigenvalue weighted by Crippen LogP contribution is -2.38. The average Bonchev–Trinajstić information content (AvgIpc) is 2.72. The summed E-state index contributed by atoms with van der Waals surface area (Å²) < 4.78 is 1.99. The van der Waals surface area contributed by atoms with E-state index in [2.05, 4.69) is 23.4 Å². The van der Waals surface area contributed by atoms with Crippen molar-refractivity contribution < 1.29 is 0 Å². The van der Waals surface area contributed by atoms with Gasteiger partial charge in [0.15, 0.2) is 0 Å². The van der Waals surface area contributed by atoms with Gasteiger partial charge in [-0.25, -0.2) is 0 Å². The number of hydrogen-bond acceptors (Lipinski definition) is 2. The summed E-state index contributed by atoms with van der Waals surface area (Å²) in [6, 6.07) is 2.84. The van der Waals surface area contributed by atoms with Gasteiger partial charge >= 0.3 is 0 Å². The van der Waals surface area contributed by atoms with Crippen LogP contribution in [0.25, 0.3) is 0 Å². The van der Waals surface area contributed by atoms with Crippen LogP contribution in [0.5, 0.6) is 0 Å². The van der Waals surface area contributed by atoms with Gasteiger partial charge in [-0.3, -0.25) is 4.68 Å². The minimum absolute atomic E-state index is 0.716. The van der Waals surface area contributed by atoms with Crippen molar-refractivity contribution in [3.8, 4) is 0 Å². The summed E-state index contributed by atoms with van der Waals surface area (Å²) in [5.74, 6) is 0.942. The molecule has 0 aromatic carbocycles. The van der Waals surface area contributed by atoms with E-state index in [1.807, 2.05) is 17.9 Å². The van der Waals surface area contributed by atoms with Crippen LogP contribution >= 0.6 is 0 Å². The van der Waals surface area contributed by atoms with E-state index in [1.165, 1.54) is 37.9 Å². The topological polar surface area (TPSA) is 29.9 Å². The van der Waals surface area contributed by atoms with Crippen LogP contribution in [0.1, 0.15) is 38.3 Å². The Morgan fingerprint density at radius 2 is 2.44 bits per heavy atom. The minimum Gasteiger partial charge on any atom is -0.314 e. The molecular formula is C13H23N3. The number of aryl methyl sites for hydroxylation is 2. The van der Waals surface area contributed by atoms with E-state index in [0.717, 1.165) is 12.3 Å². The van der Waals surface area contributed by atoms with Gasteiger partial charge in [-0.2, -0.15) is 5.10 Å². The highest BCUT2D eigenvalue weighted by atomic mass is 15.2. The normalized spacial score (nSPS) is 25.9. The van der Waals surface area contributed by atoms with E-state index < -0.39 is 0 Å². The second-order valence-electron chi connectivity index (χ2n) is 4.93. The predicted octanol–water partition coefficient (Wildman–Crippen LogP) is 2.13. The molecule has 2 heterocycles. The van der Waals surface area contributed by atoms with Crippen molar-refractivity contribution in [3.05, 3.63) is 18.0 Å². The first kappa shape index (κ1) is 11.6. The van der Waals surface area contributed by atoms with Crippen LogP contribution in [0.15, 0.2) is 12.3 Å². The lowest BCUT2D eigenvalue weighted by molar-refractivity contribution is 0.284. The van der Waals surface area contributed by atoms with Crippen molar-refractivity contribution in [2.75, 3.05) is 6.54 Å². The summed E-state index contributed by atoms with van der Waals surface area (Å²) in [5, 5.41) is 7.84. The van der Waals surface area contributed by atoms with Crippen molar-refractivity contribution in [1.29, 1.82) is 0 Å². The third-order valence-corrected chi connectivity index (χ3v) is 3.85. The molecule has 1 fully saturated rings. The van der Waals surface area contributed by atoms with Crippen molar-refractivity contribution in [2.24, 2.45) is 13.0 Å². The lowest BCUT2D eigenvalue weighted by Gasteiger charge is -2.29. The monoisotopic (exact) mass is 221 g/mol. The van der Waals surface area contributed by atoms with Gasteiger partial charge in [0.1, 0.15) is 0 Å². The van der Waals surface area contributed by atoms with E-state index in [1.54, 1.807) is 0 Å². The van der Waals surface area contributed by atoms with Crippen molar-refractivity contribution in [2.45, 2.75) is 45.1 Å². The summed E-state index contributed by atoms with van der Waals surface area (Å²) in [4.78, 5) is 0. The van der Waals surface area contributed by atoms with E-state index in [9.17, 15) is 0 Å². The second-order valence-corrected chi connectivity index (χ2v) is 4.93. The molecule has 2 rings (SSSR count). The average molecular weight is 221 g/mol. The molecule has 1 saturated heterocycles. The minimum atomic E-state index is 0.716. The molecule has 0 saturated carbocycles. The number of hydrogen-bond donors (Lipinski definition) is 1. The molecule has 2 atom stereocenters. The molecule has 0 bridgehead atoms. The smallest absolute Gasteiger partial charge is 0.0492 e. The van der Waals surface area contributed by atoms with Crippen molar-refractivity contribution >= 4 is 0 Å². The Balaban J connectivity index is 1.79. The highest BCUT2D eigenvalue weighted by Crippen LogP contribution is 2.21. The van der Waals surface area contributed by atoms with Gasteiger partial charge in [0.2, 0.25) is 0 Å². The van der Waals surface area contributed by atoms with Gasteiger partial charge in [-0.15, -0.1) is 0 Å². The first-order chi connectivity index (χ1) is 7.79. The molecule has 1 aromatic heterocycles. The zero-order valence-corrected chi connectivity index (χ0v) is 10.4. The highest BCUT2D eigenvalue weighted by Gasteiger charge is 2.19. The molecule has 2 unspecified atom stereocenters. The first-order valence-corrected chi connectivity index (χ1v) is 6.50. The number of piperidine rings is 1. The molecule has 0 spiro atoms. The van der Waals surface area contributed by atoms with Gasteiger partial charge in [0.05, 0.1) is 0 Å². The predicted molar refractivity (Wildman–Crippen MR) is 66.3 cm³/mol. The van der Waals surface area contributed by atoms with Crippen LogP contribution < -0.4 is 5.32 Å². The Morgan fingerprint density at radius 1 is 1.56 bits per heavy atom. The van der Waals surface area contributed by atoms with Crippen LogP contribution in [0.2, 0.25) is 0 Å². The molecule has 1 N–H and O–H groups in total. The summed E-state index contributed by atoms with van der Waals surface area (Å²) in [6.45, 7) is 3.52. The maximum Gasteiger partial charge on any atom is 0.0492 e. The van der Waals surface area contributed by atoms with Gasteiger partial charge < -0.3 is 5.32 Å². The largest absolute Gasteiger partial charge is 0.314 e. The quantitative estimate of drug-likeness (QED) is 0.844. The summed E-state index contributed by atoms with van der Waals surface area (Å²) >= 11 is 0. The van der Waals surface area contributed by atoms with Gasteiger partial charge in [-0.05, 0) is 44.2 Å². The van der Waals surface area contributed by atoms with Crippen LogP contribution in [0.3, 0.4) is 0 Å². The third kappa shape index (κ3) is 2.85. The Kier molecular flexibility index (Phi) is 3.99. The summed E-state index contributed by atoms with van der Waals surface area (Å²) in [6.07, 6.45) is 8.33. The summed E-state index contributed by atoms with van der Waals surface area (Å²) in [5.41, 5.74) is 1.35. The molecular weight excluding hydrogens is 198 g/mol. The molecule has 0 radical (unpaired) electrons. The molecule has 0 aliphatic carbocycles. The third-order valence-electron chi connectivity index (χ3n) is 3.85. The van der Waals surface area contributed by atoms with Gasteiger partial charge in [0, 0.05) is 25.0 Å². The van der Waals surface area contributed by atoms with Crippen molar-refractivity contribution in [3.63, 3.8) is 0 Å². The highest BCUT2D eigenvalue weighted by molar-refractivity contribution is 5.00. The number of nitrogens with zero attached hydrogens (tertiary/aromatic N) is 2. The Morgan fingerprint density at radius 3 is 3.12 bits per heavy atom. The fourth-order valence-corrected chi connectivity index (χ4v) is 2.65. The second kappa shape index (κ2) is 5.48. The SMILES string of the molecule is CCC1CCNC(CCc2ccnn2C)C1. The molecule has 90 valence electrons. The number of aromatic nitrogens is 2. The number of nitrogens with one attached hydrogen (secondary N) is 1. The summed E-state index contributed by atoms with van der Waals surface area (Å²) in [7, 11) is 2.03. The Labute approximate surface area is 98.2 Å². The molecule has 1 aliphatic heterocycles. The molecule has 16 heavy (non-hydrogen) atoms. The maximum absolute atomic E-state index is 4.21. The zero-order chi connectivity index (χ0) is 11.4. The van der Waals surface area contributed by atoms with Crippen LogP contribution in [-0.2, 0) is 13.5 Å². The van der Waals surface area contributed by atoms with E-state index in [4.69, 9.17) is 0 Å². The van der Waals surface area contributed by atoms with E-state index in [-0.39, 0.29) is 0 Å². The van der Waals surface area contributed by atoms with E-state index in [0.29, 0.717) is 6.04 Å². The van der Waals surface area contributed by atoms with Gasteiger partial charge in [-0.1, -0.05) is 13.3 Å². The molecule has 3 heteroatoms.